The van der Waals surface area contributed by atoms with Crippen LogP contribution >= 0.6 is 11.6 Å². The number of fused-ring (bicyclic) bond motifs is 1. The van der Waals surface area contributed by atoms with Gasteiger partial charge in [-0.25, -0.2) is 4.98 Å². The van der Waals surface area contributed by atoms with E-state index in [1.165, 1.54) is 0 Å². The third-order valence-corrected chi connectivity index (χ3v) is 7.10. The molecule has 4 aromatic rings. The Labute approximate surface area is 209 Å². The SMILES string of the molecule is CCn1c(=O)c(-c2ccc(-c3ncccc3C)cc2Cl)cc2cnc(NC3CCC(N)CC3)nc21. The summed E-state index contributed by atoms with van der Waals surface area (Å²) in [5, 5.41) is 4.72. The van der Waals surface area contributed by atoms with Crippen molar-refractivity contribution in [1.82, 2.24) is 19.5 Å². The predicted octanol–water partition coefficient (Wildman–Crippen LogP) is 5.18. The molecule has 0 unspecified atom stereocenters. The smallest absolute Gasteiger partial charge is 0.260 e. The molecule has 3 aromatic heterocycles. The largest absolute Gasteiger partial charge is 0.351 e. The molecule has 0 amide bonds. The fourth-order valence-electron chi connectivity index (χ4n) is 4.83. The lowest BCUT2D eigenvalue weighted by Crippen LogP contribution is -2.33. The zero-order chi connectivity index (χ0) is 24.5. The highest BCUT2D eigenvalue weighted by molar-refractivity contribution is 6.33. The van der Waals surface area contributed by atoms with E-state index in [4.69, 9.17) is 22.3 Å². The molecular formula is C27H29ClN6O. The molecule has 7 nitrogen and oxygen atoms in total. The van der Waals surface area contributed by atoms with E-state index in [2.05, 4.69) is 15.3 Å². The van der Waals surface area contributed by atoms with Crippen molar-refractivity contribution in [3.63, 3.8) is 0 Å². The van der Waals surface area contributed by atoms with E-state index in [-0.39, 0.29) is 11.6 Å². The van der Waals surface area contributed by atoms with Crippen molar-refractivity contribution in [3.05, 3.63) is 69.7 Å². The first-order chi connectivity index (χ1) is 16.9. The summed E-state index contributed by atoms with van der Waals surface area (Å²) in [7, 11) is 0. The van der Waals surface area contributed by atoms with Crippen molar-refractivity contribution in [3.8, 4) is 22.4 Å². The third-order valence-electron chi connectivity index (χ3n) is 6.79. The van der Waals surface area contributed by atoms with Gasteiger partial charge in [0.05, 0.1) is 5.69 Å². The molecule has 0 bridgehead atoms. The van der Waals surface area contributed by atoms with Crippen molar-refractivity contribution in [2.24, 2.45) is 5.73 Å². The van der Waals surface area contributed by atoms with E-state index >= 15 is 0 Å². The summed E-state index contributed by atoms with van der Waals surface area (Å²) in [5.74, 6) is 0.542. The molecule has 5 rings (SSSR count). The molecule has 1 aliphatic carbocycles. The van der Waals surface area contributed by atoms with Gasteiger partial charge in [-0.05, 0) is 63.3 Å². The zero-order valence-corrected chi connectivity index (χ0v) is 20.7. The third kappa shape index (κ3) is 4.66. The minimum atomic E-state index is -0.128. The molecule has 1 fully saturated rings. The first kappa shape index (κ1) is 23.5. The van der Waals surface area contributed by atoms with Crippen LogP contribution < -0.4 is 16.6 Å². The van der Waals surface area contributed by atoms with Gasteiger partial charge in [-0.3, -0.25) is 14.3 Å². The highest BCUT2D eigenvalue weighted by Crippen LogP contribution is 2.32. The van der Waals surface area contributed by atoms with Crippen LogP contribution in [0, 0.1) is 6.92 Å². The first-order valence-electron chi connectivity index (χ1n) is 12.1. The Hall–Kier alpha value is -3.29. The Kier molecular flexibility index (Phi) is 6.54. The Bertz CT molecular complexity index is 1440. The number of nitrogens with zero attached hydrogens (tertiary/aromatic N) is 4. The van der Waals surface area contributed by atoms with Gasteiger partial charge in [0, 0.05) is 58.1 Å². The van der Waals surface area contributed by atoms with Crippen LogP contribution in [0.3, 0.4) is 0 Å². The lowest BCUT2D eigenvalue weighted by atomic mass is 9.92. The topological polar surface area (TPSA) is 98.7 Å². The van der Waals surface area contributed by atoms with Crippen molar-refractivity contribution < 1.29 is 0 Å². The highest BCUT2D eigenvalue weighted by Gasteiger charge is 2.20. The number of aromatic nitrogens is 4. The Balaban J connectivity index is 1.52. The molecule has 180 valence electrons. The number of halogens is 1. The lowest BCUT2D eigenvalue weighted by molar-refractivity contribution is 0.410. The second kappa shape index (κ2) is 9.76. The number of nitrogens with one attached hydrogen (secondary N) is 1. The number of aryl methyl sites for hydroxylation is 2. The van der Waals surface area contributed by atoms with Crippen LogP contribution in [0.5, 0.6) is 0 Å². The summed E-state index contributed by atoms with van der Waals surface area (Å²) in [5.41, 5.74) is 10.6. The van der Waals surface area contributed by atoms with Gasteiger partial charge in [0.2, 0.25) is 5.95 Å². The van der Waals surface area contributed by atoms with Gasteiger partial charge in [0.1, 0.15) is 5.65 Å². The van der Waals surface area contributed by atoms with Crippen LogP contribution in [0.15, 0.2) is 53.6 Å². The van der Waals surface area contributed by atoms with Crippen LogP contribution in [-0.2, 0) is 6.54 Å². The van der Waals surface area contributed by atoms with Gasteiger partial charge in [0.25, 0.3) is 5.56 Å². The van der Waals surface area contributed by atoms with Crippen LogP contribution in [0.4, 0.5) is 5.95 Å². The zero-order valence-electron chi connectivity index (χ0n) is 20.0. The molecule has 0 aliphatic heterocycles. The summed E-state index contributed by atoms with van der Waals surface area (Å²) in [6, 6.07) is 12.0. The Morgan fingerprint density at radius 2 is 1.91 bits per heavy atom. The number of benzene rings is 1. The number of hydrogen-bond acceptors (Lipinski definition) is 6. The normalized spacial score (nSPS) is 18.1. The molecule has 3 N–H and O–H groups in total. The highest BCUT2D eigenvalue weighted by atomic mass is 35.5. The predicted molar refractivity (Wildman–Crippen MR) is 142 cm³/mol. The quantitative estimate of drug-likeness (QED) is 0.401. The number of hydrogen-bond donors (Lipinski definition) is 2. The second-order valence-electron chi connectivity index (χ2n) is 9.20. The van der Waals surface area contributed by atoms with Gasteiger partial charge in [-0.1, -0.05) is 29.8 Å². The molecule has 8 heteroatoms. The Morgan fingerprint density at radius 1 is 1.11 bits per heavy atom. The van der Waals surface area contributed by atoms with Crippen LogP contribution in [0.25, 0.3) is 33.4 Å². The van der Waals surface area contributed by atoms with Gasteiger partial charge in [-0.2, -0.15) is 4.98 Å². The second-order valence-corrected chi connectivity index (χ2v) is 9.61. The van der Waals surface area contributed by atoms with Gasteiger partial charge >= 0.3 is 0 Å². The van der Waals surface area contributed by atoms with Crippen molar-refractivity contribution in [2.45, 2.75) is 58.2 Å². The summed E-state index contributed by atoms with van der Waals surface area (Å²) in [6.45, 7) is 4.44. The van der Waals surface area contributed by atoms with Crippen molar-refractivity contribution in [2.75, 3.05) is 5.32 Å². The number of anilines is 1. The standard InChI is InChI=1S/C27H29ClN6O/c1-3-34-25-18(15-31-27(33-25)32-20-9-7-19(29)8-10-20)13-22(26(34)35)21-11-6-17(14-23(21)28)24-16(2)5-4-12-30-24/h4-6,11-15,19-20H,3,7-10,29H2,1-2H3,(H,31,32,33). The number of pyridine rings is 2. The minimum absolute atomic E-state index is 0.128. The molecular weight excluding hydrogens is 460 g/mol. The summed E-state index contributed by atoms with van der Waals surface area (Å²) in [4.78, 5) is 27.2. The van der Waals surface area contributed by atoms with Gasteiger partial charge in [-0.15, -0.1) is 0 Å². The number of nitrogens with two attached hydrogens (primary N) is 1. The summed E-state index contributed by atoms with van der Waals surface area (Å²) >= 11 is 6.70. The van der Waals surface area contributed by atoms with Crippen molar-refractivity contribution >= 4 is 28.6 Å². The fourth-order valence-corrected chi connectivity index (χ4v) is 5.11. The lowest BCUT2D eigenvalue weighted by Gasteiger charge is -2.26. The monoisotopic (exact) mass is 488 g/mol. The van der Waals surface area contributed by atoms with Crippen LogP contribution in [0.1, 0.15) is 38.2 Å². The van der Waals surface area contributed by atoms with E-state index in [0.29, 0.717) is 40.3 Å². The molecule has 1 aliphatic rings. The van der Waals surface area contributed by atoms with Gasteiger partial charge in [0.15, 0.2) is 0 Å². The van der Waals surface area contributed by atoms with E-state index in [9.17, 15) is 4.79 Å². The molecule has 3 heterocycles. The average molecular weight is 489 g/mol. The van der Waals surface area contributed by atoms with E-state index in [1.807, 2.05) is 50.2 Å². The summed E-state index contributed by atoms with van der Waals surface area (Å²) < 4.78 is 1.68. The maximum atomic E-state index is 13.5. The van der Waals surface area contributed by atoms with E-state index < -0.39 is 0 Å². The molecule has 0 atom stereocenters. The number of rotatable bonds is 5. The average Bonchev–Trinajstić information content (AvgIpc) is 2.86. The minimum Gasteiger partial charge on any atom is -0.351 e. The molecule has 1 saturated carbocycles. The first-order valence-corrected chi connectivity index (χ1v) is 12.5. The maximum absolute atomic E-state index is 13.5. The Morgan fingerprint density at radius 3 is 2.63 bits per heavy atom. The van der Waals surface area contributed by atoms with E-state index in [1.54, 1.807) is 17.0 Å². The maximum Gasteiger partial charge on any atom is 0.260 e. The molecule has 0 spiro atoms. The summed E-state index contributed by atoms with van der Waals surface area (Å²) in [6.07, 6.45) is 7.51. The molecule has 35 heavy (non-hydrogen) atoms. The van der Waals surface area contributed by atoms with E-state index in [0.717, 1.165) is 47.9 Å². The van der Waals surface area contributed by atoms with Gasteiger partial charge < -0.3 is 11.1 Å². The molecule has 0 saturated heterocycles. The van der Waals surface area contributed by atoms with Crippen molar-refractivity contribution in [1.29, 1.82) is 0 Å². The molecule has 1 aromatic carbocycles. The fraction of sp³-hybridized carbons (Fsp3) is 0.333. The van der Waals surface area contributed by atoms with Crippen LogP contribution in [-0.4, -0.2) is 31.6 Å². The van der Waals surface area contributed by atoms with Crippen LogP contribution in [0.2, 0.25) is 5.02 Å². The molecule has 0 radical (unpaired) electrons.